The van der Waals surface area contributed by atoms with Gasteiger partial charge in [0, 0.05) is 50.2 Å². The summed E-state index contributed by atoms with van der Waals surface area (Å²) in [6, 6.07) is 13.8. The van der Waals surface area contributed by atoms with E-state index in [1.54, 1.807) is 54.7 Å². The standard InChI is InChI=1S/C22H24N6O3S.ClH/c29-32(30,19-5-6-20-16(15-19)8-14-31-20)27-18-3-1-17(2-4-18)25-21-7-9-24-22(26-21)28-12-10-23-11-13-28;/h1-7,9,15,23,27H,8,10-14H2,(H,24,25,26);1H. The smallest absolute Gasteiger partial charge is 0.261 e. The van der Waals surface area contributed by atoms with Crippen LogP contribution in [0.1, 0.15) is 5.56 Å². The normalized spacial score (nSPS) is 15.2. The van der Waals surface area contributed by atoms with Gasteiger partial charge in [0.15, 0.2) is 0 Å². The number of piperazine rings is 1. The topological polar surface area (TPSA) is 108 Å². The van der Waals surface area contributed by atoms with Crippen molar-refractivity contribution in [2.24, 2.45) is 0 Å². The van der Waals surface area contributed by atoms with E-state index in [2.05, 4.69) is 30.2 Å². The highest BCUT2D eigenvalue weighted by atomic mass is 35.5. The Bertz CT molecular complexity index is 1220. The molecule has 0 atom stereocenters. The van der Waals surface area contributed by atoms with Gasteiger partial charge in [0.25, 0.3) is 10.0 Å². The first-order valence-electron chi connectivity index (χ1n) is 10.5. The van der Waals surface area contributed by atoms with Crippen LogP contribution in [0.2, 0.25) is 0 Å². The molecule has 174 valence electrons. The number of anilines is 4. The summed E-state index contributed by atoms with van der Waals surface area (Å²) in [7, 11) is -3.68. The predicted molar refractivity (Wildman–Crippen MR) is 131 cm³/mol. The second-order valence-electron chi connectivity index (χ2n) is 7.65. The van der Waals surface area contributed by atoms with Gasteiger partial charge in [-0.1, -0.05) is 0 Å². The number of rotatable bonds is 6. The number of nitrogens with zero attached hydrogens (tertiary/aromatic N) is 3. The van der Waals surface area contributed by atoms with Crippen molar-refractivity contribution in [1.29, 1.82) is 0 Å². The highest BCUT2D eigenvalue weighted by Gasteiger charge is 2.19. The minimum Gasteiger partial charge on any atom is -0.493 e. The Morgan fingerprint density at radius 3 is 2.55 bits per heavy atom. The molecule has 1 fully saturated rings. The Hall–Kier alpha value is -3.08. The molecule has 0 aliphatic carbocycles. The monoisotopic (exact) mass is 488 g/mol. The molecule has 1 aromatic heterocycles. The van der Waals surface area contributed by atoms with Crippen LogP contribution in [0.5, 0.6) is 5.75 Å². The van der Waals surface area contributed by atoms with Gasteiger partial charge in [0.2, 0.25) is 5.95 Å². The number of benzene rings is 2. The molecule has 1 saturated heterocycles. The first-order chi connectivity index (χ1) is 15.6. The molecule has 0 unspecified atom stereocenters. The van der Waals surface area contributed by atoms with E-state index in [1.165, 1.54) is 0 Å². The van der Waals surface area contributed by atoms with Crippen LogP contribution in [0.4, 0.5) is 23.1 Å². The van der Waals surface area contributed by atoms with E-state index in [0.29, 0.717) is 24.1 Å². The SMILES string of the molecule is Cl.O=S(=O)(Nc1ccc(Nc2ccnc(N3CCNCC3)n2)cc1)c1ccc2c(c1)CCO2. The summed E-state index contributed by atoms with van der Waals surface area (Å²) in [6.07, 6.45) is 2.45. The van der Waals surface area contributed by atoms with Gasteiger partial charge in [-0.05, 0) is 54.1 Å². The van der Waals surface area contributed by atoms with E-state index in [9.17, 15) is 8.42 Å². The largest absolute Gasteiger partial charge is 0.493 e. The van der Waals surface area contributed by atoms with E-state index in [4.69, 9.17) is 4.74 Å². The Morgan fingerprint density at radius 1 is 1.00 bits per heavy atom. The molecule has 0 saturated carbocycles. The fraction of sp³-hybridized carbons (Fsp3) is 0.273. The number of halogens is 1. The lowest BCUT2D eigenvalue weighted by Gasteiger charge is -2.27. The van der Waals surface area contributed by atoms with Gasteiger partial charge in [0.1, 0.15) is 11.6 Å². The molecule has 3 N–H and O–H groups in total. The lowest BCUT2D eigenvalue weighted by molar-refractivity contribution is 0.356. The van der Waals surface area contributed by atoms with Crippen LogP contribution in [-0.4, -0.2) is 51.2 Å². The number of fused-ring (bicyclic) bond motifs is 1. The Morgan fingerprint density at radius 2 is 1.76 bits per heavy atom. The minimum absolute atomic E-state index is 0. The van der Waals surface area contributed by atoms with Crippen molar-refractivity contribution in [2.75, 3.05) is 47.7 Å². The van der Waals surface area contributed by atoms with E-state index >= 15 is 0 Å². The zero-order valence-corrected chi connectivity index (χ0v) is 19.5. The number of nitrogens with one attached hydrogen (secondary N) is 3. The number of sulfonamides is 1. The number of ether oxygens (including phenoxy) is 1. The maximum atomic E-state index is 12.8. The van der Waals surface area contributed by atoms with Crippen LogP contribution < -0.4 is 25.0 Å². The predicted octanol–water partition coefficient (Wildman–Crippen LogP) is 2.79. The van der Waals surface area contributed by atoms with Gasteiger partial charge < -0.3 is 20.3 Å². The zero-order chi connectivity index (χ0) is 22.0. The molecule has 0 bridgehead atoms. The molecule has 11 heteroatoms. The number of hydrogen-bond donors (Lipinski definition) is 3. The summed E-state index contributed by atoms with van der Waals surface area (Å²) in [5.74, 6) is 2.13. The molecule has 2 aliphatic rings. The van der Waals surface area contributed by atoms with Crippen molar-refractivity contribution in [3.8, 4) is 5.75 Å². The first kappa shape index (κ1) is 23.1. The van der Waals surface area contributed by atoms with Crippen molar-refractivity contribution < 1.29 is 13.2 Å². The molecule has 3 heterocycles. The highest BCUT2D eigenvalue weighted by molar-refractivity contribution is 7.92. The summed E-state index contributed by atoms with van der Waals surface area (Å²) in [5, 5.41) is 6.56. The van der Waals surface area contributed by atoms with Crippen molar-refractivity contribution >= 4 is 45.6 Å². The molecular formula is C22H25ClN6O3S. The van der Waals surface area contributed by atoms with E-state index in [-0.39, 0.29) is 17.3 Å². The molecule has 5 rings (SSSR count). The molecule has 0 spiro atoms. The second-order valence-corrected chi connectivity index (χ2v) is 9.34. The maximum absolute atomic E-state index is 12.8. The van der Waals surface area contributed by atoms with Gasteiger partial charge >= 0.3 is 0 Å². The Labute approximate surface area is 199 Å². The van der Waals surface area contributed by atoms with Crippen LogP contribution in [0, 0.1) is 0 Å². The van der Waals surface area contributed by atoms with E-state index in [0.717, 1.165) is 49.6 Å². The van der Waals surface area contributed by atoms with Gasteiger partial charge in [-0.3, -0.25) is 4.72 Å². The summed E-state index contributed by atoms with van der Waals surface area (Å²) in [5.41, 5.74) is 2.20. The fourth-order valence-corrected chi connectivity index (χ4v) is 4.86. The average Bonchev–Trinajstić information content (AvgIpc) is 3.29. The van der Waals surface area contributed by atoms with Crippen molar-refractivity contribution in [2.45, 2.75) is 11.3 Å². The van der Waals surface area contributed by atoms with Crippen molar-refractivity contribution in [3.05, 3.63) is 60.3 Å². The molecular weight excluding hydrogens is 464 g/mol. The van der Waals surface area contributed by atoms with Gasteiger partial charge in [-0.2, -0.15) is 4.98 Å². The van der Waals surface area contributed by atoms with E-state index < -0.39 is 10.0 Å². The van der Waals surface area contributed by atoms with Crippen LogP contribution in [0.15, 0.2) is 59.6 Å². The van der Waals surface area contributed by atoms with Gasteiger partial charge in [-0.15, -0.1) is 12.4 Å². The average molecular weight is 489 g/mol. The summed E-state index contributed by atoms with van der Waals surface area (Å²) in [6.45, 7) is 4.16. The highest BCUT2D eigenvalue weighted by Crippen LogP contribution is 2.28. The van der Waals surface area contributed by atoms with E-state index in [1.807, 2.05) is 0 Å². The third kappa shape index (κ3) is 5.29. The quantitative estimate of drug-likeness (QED) is 0.486. The maximum Gasteiger partial charge on any atom is 0.261 e. The summed E-state index contributed by atoms with van der Waals surface area (Å²) in [4.78, 5) is 11.3. The fourth-order valence-electron chi connectivity index (χ4n) is 3.75. The molecule has 0 radical (unpaired) electrons. The zero-order valence-electron chi connectivity index (χ0n) is 17.8. The molecule has 2 aromatic carbocycles. The molecule has 2 aliphatic heterocycles. The van der Waals surface area contributed by atoms with Gasteiger partial charge in [0.05, 0.1) is 11.5 Å². The molecule has 0 amide bonds. The van der Waals surface area contributed by atoms with Crippen LogP contribution >= 0.6 is 12.4 Å². The lowest BCUT2D eigenvalue weighted by Crippen LogP contribution is -2.44. The van der Waals surface area contributed by atoms with Crippen LogP contribution in [0.3, 0.4) is 0 Å². The summed E-state index contributed by atoms with van der Waals surface area (Å²) >= 11 is 0. The van der Waals surface area contributed by atoms with Crippen LogP contribution in [0.25, 0.3) is 0 Å². The number of hydrogen-bond acceptors (Lipinski definition) is 8. The third-order valence-electron chi connectivity index (χ3n) is 5.42. The molecule has 3 aromatic rings. The van der Waals surface area contributed by atoms with Crippen LogP contribution in [-0.2, 0) is 16.4 Å². The second kappa shape index (κ2) is 9.82. The lowest BCUT2D eigenvalue weighted by atomic mass is 10.2. The Kier molecular flexibility index (Phi) is 6.87. The third-order valence-corrected chi connectivity index (χ3v) is 6.80. The molecule has 9 nitrogen and oxygen atoms in total. The van der Waals surface area contributed by atoms with Crippen molar-refractivity contribution in [3.63, 3.8) is 0 Å². The first-order valence-corrected chi connectivity index (χ1v) is 12.0. The number of aromatic nitrogens is 2. The van der Waals surface area contributed by atoms with Crippen molar-refractivity contribution in [1.82, 2.24) is 15.3 Å². The Balaban J connectivity index is 0.00000259. The molecule has 33 heavy (non-hydrogen) atoms. The van der Waals surface area contributed by atoms with Gasteiger partial charge in [-0.25, -0.2) is 13.4 Å². The minimum atomic E-state index is -3.68. The summed E-state index contributed by atoms with van der Waals surface area (Å²) < 4.78 is 33.6.